The fourth-order valence-electron chi connectivity index (χ4n) is 2.34. The molecule has 0 aromatic heterocycles. The van der Waals surface area contributed by atoms with Gasteiger partial charge in [0.05, 0.1) is 0 Å². The van der Waals surface area contributed by atoms with E-state index < -0.39 is 0 Å². The molecule has 96 valence electrons. The summed E-state index contributed by atoms with van der Waals surface area (Å²) in [4.78, 5) is 0. The zero-order valence-electron chi connectivity index (χ0n) is 11.8. The predicted molar refractivity (Wildman–Crippen MR) is 76.5 cm³/mol. The number of aryl methyl sites for hydroxylation is 1. The zero-order valence-corrected chi connectivity index (χ0v) is 11.8. The second-order valence-electron chi connectivity index (χ2n) is 5.11. The van der Waals surface area contributed by atoms with Gasteiger partial charge in [0, 0.05) is 6.54 Å². The van der Waals surface area contributed by atoms with Crippen LogP contribution in [0.15, 0.2) is 24.3 Å². The van der Waals surface area contributed by atoms with Gasteiger partial charge >= 0.3 is 0 Å². The number of hydrogen-bond acceptors (Lipinski definition) is 1. The maximum atomic E-state index is 3.50. The van der Waals surface area contributed by atoms with Crippen molar-refractivity contribution in [1.29, 1.82) is 0 Å². The largest absolute Gasteiger partial charge is 0.316 e. The molecule has 1 aromatic carbocycles. The van der Waals surface area contributed by atoms with Crippen LogP contribution in [0.1, 0.15) is 50.7 Å². The summed E-state index contributed by atoms with van der Waals surface area (Å²) in [7, 11) is 0. The Kier molecular flexibility index (Phi) is 6.28. The van der Waals surface area contributed by atoms with Crippen molar-refractivity contribution in [2.45, 2.75) is 46.5 Å². The molecule has 0 aliphatic heterocycles. The van der Waals surface area contributed by atoms with Crippen LogP contribution in [0.5, 0.6) is 0 Å². The second kappa shape index (κ2) is 7.50. The lowest BCUT2D eigenvalue weighted by molar-refractivity contribution is 0.438. The molecule has 1 N–H and O–H groups in total. The highest BCUT2D eigenvalue weighted by atomic mass is 14.8. The van der Waals surface area contributed by atoms with Gasteiger partial charge in [0.1, 0.15) is 0 Å². The highest BCUT2D eigenvalue weighted by molar-refractivity contribution is 5.29. The molecule has 1 rings (SSSR count). The first-order chi connectivity index (χ1) is 8.19. The molecule has 0 radical (unpaired) electrons. The van der Waals surface area contributed by atoms with Gasteiger partial charge in [-0.3, -0.25) is 0 Å². The third-order valence-corrected chi connectivity index (χ3v) is 3.65. The molecule has 0 saturated carbocycles. The summed E-state index contributed by atoms with van der Waals surface area (Å²) in [6.07, 6.45) is 2.56. The molecular formula is C16H27N. The Morgan fingerprint density at radius 1 is 1.18 bits per heavy atom. The number of rotatable bonds is 7. The van der Waals surface area contributed by atoms with E-state index >= 15 is 0 Å². The van der Waals surface area contributed by atoms with Crippen LogP contribution >= 0.6 is 0 Å². The molecule has 2 atom stereocenters. The van der Waals surface area contributed by atoms with Crippen LogP contribution in [0.3, 0.4) is 0 Å². The van der Waals surface area contributed by atoms with Gasteiger partial charge < -0.3 is 5.32 Å². The summed E-state index contributed by atoms with van der Waals surface area (Å²) in [5.41, 5.74) is 2.95. The number of benzene rings is 1. The lowest BCUT2D eigenvalue weighted by atomic mass is 9.86. The Hall–Kier alpha value is -0.820. The molecule has 0 aliphatic rings. The molecule has 0 saturated heterocycles. The van der Waals surface area contributed by atoms with Crippen LogP contribution < -0.4 is 5.32 Å². The fourth-order valence-corrected chi connectivity index (χ4v) is 2.34. The van der Waals surface area contributed by atoms with Crippen molar-refractivity contribution >= 4 is 0 Å². The van der Waals surface area contributed by atoms with Crippen molar-refractivity contribution in [2.75, 3.05) is 13.1 Å². The summed E-state index contributed by atoms with van der Waals surface area (Å²) in [6, 6.07) is 8.81. The van der Waals surface area contributed by atoms with Gasteiger partial charge in [-0.2, -0.15) is 0 Å². The number of hydrogen-bond donors (Lipinski definition) is 1. The molecule has 0 bridgehead atoms. The van der Waals surface area contributed by atoms with Crippen LogP contribution in [0.4, 0.5) is 0 Å². The number of nitrogens with one attached hydrogen (secondary N) is 1. The standard InChI is InChI=1S/C16H27N/c1-5-13(3)11-15(12-17-6-2)16-10-8-7-9-14(16)4/h7-10,13,15,17H,5-6,11-12H2,1-4H3. The van der Waals surface area contributed by atoms with Crippen LogP contribution in [0.25, 0.3) is 0 Å². The van der Waals surface area contributed by atoms with Gasteiger partial charge in [-0.15, -0.1) is 0 Å². The van der Waals surface area contributed by atoms with Gasteiger partial charge in [0.25, 0.3) is 0 Å². The molecule has 0 fully saturated rings. The lowest BCUT2D eigenvalue weighted by Crippen LogP contribution is -2.23. The van der Waals surface area contributed by atoms with E-state index in [-0.39, 0.29) is 0 Å². The van der Waals surface area contributed by atoms with Crippen molar-refractivity contribution in [3.05, 3.63) is 35.4 Å². The molecule has 0 amide bonds. The average Bonchev–Trinajstić information content (AvgIpc) is 2.35. The van der Waals surface area contributed by atoms with Crippen molar-refractivity contribution in [1.82, 2.24) is 5.32 Å². The van der Waals surface area contributed by atoms with Crippen molar-refractivity contribution in [3.8, 4) is 0 Å². The molecule has 2 unspecified atom stereocenters. The molecule has 1 aromatic rings. The monoisotopic (exact) mass is 233 g/mol. The van der Waals surface area contributed by atoms with Crippen LogP contribution in [-0.4, -0.2) is 13.1 Å². The quantitative estimate of drug-likeness (QED) is 0.747. The summed E-state index contributed by atoms with van der Waals surface area (Å²) in [5, 5.41) is 3.50. The predicted octanol–water partition coefficient (Wildman–Crippen LogP) is 4.12. The molecule has 1 nitrogen and oxygen atoms in total. The van der Waals surface area contributed by atoms with Crippen molar-refractivity contribution < 1.29 is 0 Å². The minimum Gasteiger partial charge on any atom is -0.316 e. The first-order valence-electron chi connectivity index (χ1n) is 6.95. The second-order valence-corrected chi connectivity index (χ2v) is 5.11. The van der Waals surface area contributed by atoms with Gasteiger partial charge in [-0.25, -0.2) is 0 Å². The molecule has 17 heavy (non-hydrogen) atoms. The average molecular weight is 233 g/mol. The van der Waals surface area contributed by atoms with Gasteiger partial charge in [-0.05, 0) is 42.9 Å². The molecule has 0 aliphatic carbocycles. The normalized spacial score (nSPS) is 14.6. The third kappa shape index (κ3) is 4.51. The summed E-state index contributed by atoms with van der Waals surface area (Å²) in [6.45, 7) is 11.2. The van der Waals surface area contributed by atoms with E-state index in [1.165, 1.54) is 24.0 Å². The summed E-state index contributed by atoms with van der Waals surface area (Å²) >= 11 is 0. The summed E-state index contributed by atoms with van der Waals surface area (Å²) in [5.74, 6) is 1.46. The lowest BCUT2D eigenvalue weighted by Gasteiger charge is -2.22. The maximum absolute atomic E-state index is 3.50. The Morgan fingerprint density at radius 3 is 2.47 bits per heavy atom. The number of likely N-dealkylation sites (N-methyl/N-ethyl adjacent to an activating group) is 1. The van der Waals surface area contributed by atoms with Crippen molar-refractivity contribution in [2.24, 2.45) is 5.92 Å². The minimum absolute atomic E-state index is 0.658. The molecule has 0 heterocycles. The van der Waals surface area contributed by atoms with Crippen molar-refractivity contribution in [3.63, 3.8) is 0 Å². The Morgan fingerprint density at radius 2 is 1.88 bits per heavy atom. The van der Waals surface area contributed by atoms with Crippen LogP contribution in [0, 0.1) is 12.8 Å². The first-order valence-corrected chi connectivity index (χ1v) is 6.95. The van der Waals surface area contributed by atoms with E-state index in [0.717, 1.165) is 19.0 Å². The van der Waals surface area contributed by atoms with Gasteiger partial charge in [0.15, 0.2) is 0 Å². The third-order valence-electron chi connectivity index (χ3n) is 3.65. The van der Waals surface area contributed by atoms with E-state index in [0.29, 0.717) is 5.92 Å². The highest BCUT2D eigenvalue weighted by Gasteiger charge is 2.15. The van der Waals surface area contributed by atoms with Gasteiger partial charge in [0.2, 0.25) is 0 Å². The molecule has 0 spiro atoms. The van der Waals surface area contributed by atoms with Crippen LogP contribution in [0.2, 0.25) is 0 Å². The zero-order chi connectivity index (χ0) is 12.7. The van der Waals surface area contributed by atoms with E-state index in [4.69, 9.17) is 0 Å². The smallest absolute Gasteiger partial charge is 0.00202 e. The molecule has 1 heteroatoms. The first kappa shape index (κ1) is 14.2. The molecular weight excluding hydrogens is 206 g/mol. The van der Waals surface area contributed by atoms with E-state index in [9.17, 15) is 0 Å². The van der Waals surface area contributed by atoms with E-state index in [1.807, 2.05) is 0 Å². The fraction of sp³-hybridized carbons (Fsp3) is 0.625. The Labute approximate surface area is 107 Å². The minimum atomic E-state index is 0.658. The van der Waals surface area contributed by atoms with E-state index in [1.54, 1.807) is 0 Å². The van der Waals surface area contributed by atoms with E-state index in [2.05, 4.69) is 57.3 Å². The maximum Gasteiger partial charge on any atom is 0.00202 e. The summed E-state index contributed by atoms with van der Waals surface area (Å²) < 4.78 is 0. The van der Waals surface area contributed by atoms with Gasteiger partial charge in [-0.1, -0.05) is 51.5 Å². The van der Waals surface area contributed by atoms with Crippen LogP contribution in [-0.2, 0) is 0 Å². The SMILES string of the molecule is CCNCC(CC(C)CC)c1ccccc1C. The Bertz CT molecular complexity index is 319. The topological polar surface area (TPSA) is 12.0 Å². The highest BCUT2D eigenvalue weighted by Crippen LogP contribution is 2.27. The Balaban J connectivity index is 2.78.